The van der Waals surface area contributed by atoms with Crippen LogP contribution in [0.1, 0.15) is 19.3 Å². The Bertz CT molecular complexity index is 927. The van der Waals surface area contributed by atoms with Crippen LogP contribution < -0.4 is 4.90 Å². The number of pyridine rings is 1. The van der Waals surface area contributed by atoms with Crippen molar-refractivity contribution in [3.8, 4) is 6.07 Å². The summed E-state index contributed by atoms with van der Waals surface area (Å²) >= 11 is 0. The summed E-state index contributed by atoms with van der Waals surface area (Å²) in [6.45, 7) is 2.69. The molecule has 2 aromatic rings. The minimum atomic E-state index is -0.266. The van der Waals surface area contributed by atoms with Gasteiger partial charge in [0.1, 0.15) is 11.9 Å². The molecule has 2 aliphatic rings. The van der Waals surface area contributed by atoms with E-state index in [9.17, 15) is 14.4 Å². The molecule has 0 bridgehead atoms. The van der Waals surface area contributed by atoms with E-state index in [4.69, 9.17) is 0 Å². The predicted octanol–water partition coefficient (Wildman–Crippen LogP) is 2.40. The van der Waals surface area contributed by atoms with E-state index in [-0.39, 0.29) is 23.8 Å². The highest BCUT2D eigenvalue weighted by molar-refractivity contribution is 5.82. The van der Waals surface area contributed by atoms with Gasteiger partial charge in [-0.2, -0.15) is 5.26 Å². The average molecular weight is 381 g/mol. The first-order chi connectivity index (χ1) is 13.5. The molecule has 0 N–H and O–H groups in total. The molecule has 0 radical (unpaired) electrons. The number of likely N-dealkylation sites (N-methyl/N-ethyl adjacent to an activating group) is 1. The summed E-state index contributed by atoms with van der Waals surface area (Å²) in [5, 5.41) is 9.97. The van der Waals surface area contributed by atoms with Crippen molar-refractivity contribution in [3.05, 3.63) is 36.3 Å². The van der Waals surface area contributed by atoms with Crippen LogP contribution in [0.4, 0.5) is 10.1 Å². The molecule has 7 heteroatoms. The zero-order valence-corrected chi connectivity index (χ0v) is 16.0. The van der Waals surface area contributed by atoms with Gasteiger partial charge in [0.25, 0.3) is 0 Å². The zero-order valence-electron chi connectivity index (χ0n) is 16.0. The summed E-state index contributed by atoms with van der Waals surface area (Å²) in [4.78, 5) is 23.0. The summed E-state index contributed by atoms with van der Waals surface area (Å²) in [5.41, 5.74) is 1.72. The first-order valence-corrected chi connectivity index (χ1v) is 9.75. The molecule has 2 saturated heterocycles. The van der Waals surface area contributed by atoms with Crippen LogP contribution in [0, 0.1) is 17.1 Å². The van der Waals surface area contributed by atoms with Gasteiger partial charge in [-0.25, -0.2) is 4.39 Å². The van der Waals surface area contributed by atoms with Crippen LogP contribution in [-0.4, -0.2) is 66.0 Å². The Hall–Kier alpha value is -2.72. The molecule has 1 aromatic heterocycles. The van der Waals surface area contributed by atoms with Gasteiger partial charge in [-0.1, -0.05) is 0 Å². The molecule has 28 heavy (non-hydrogen) atoms. The van der Waals surface area contributed by atoms with Gasteiger partial charge in [0, 0.05) is 38.1 Å². The average Bonchev–Trinajstić information content (AvgIpc) is 3.36. The Morgan fingerprint density at radius 3 is 3.04 bits per heavy atom. The molecular formula is C21H24FN5O. The molecule has 6 nitrogen and oxygen atoms in total. The van der Waals surface area contributed by atoms with Crippen LogP contribution in [-0.2, 0) is 4.79 Å². The van der Waals surface area contributed by atoms with Gasteiger partial charge < -0.3 is 9.80 Å². The second-order valence-electron chi connectivity index (χ2n) is 7.69. The van der Waals surface area contributed by atoms with E-state index in [1.807, 2.05) is 19.3 Å². The minimum absolute atomic E-state index is 0.0511. The normalized spacial score (nSPS) is 22.5. The van der Waals surface area contributed by atoms with Crippen molar-refractivity contribution in [3.63, 3.8) is 0 Å². The third-order valence-corrected chi connectivity index (χ3v) is 5.91. The quantitative estimate of drug-likeness (QED) is 0.814. The van der Waals surface area contributed by atoms with Crippen LogP contribution in [0.2, 0.25) is 0 Å². The second kappa shape index (κ2) is 7.72. The van der Waals surface area contributed by atoms with Crippen LogP contribution >= 0.6 is 0 Å². The van der Waals surface area contributed by atoms with Gasteiger partial charge in [0.15, 0.2) is 0 Å². The third-order valence-electron chi connectivity index (χ3n) is 5.91. The van der Waals surface area contributed by atoms with Crippen LogP contribution in [0.15, 0.2) is 30.5 Å². The third kappa shape index (κ3) is 3.65. The summed E-state index contributed by atoms with van der Waals surface area (Å²) in [7, 11) is 2.02. The highest BCUT2D eigenvalue weighted by Crippen LogP contribution is 2.25. The zero-order chi connectivity index (χ0) is 19.7. The molecule has 2 fully saturated rings. The van der Waals surface area contributed by atoms with E-state index in [1.54, 1.807) is 11.0 Å². The Balaban J connectivity index is 1.40. The highest BCUT2D eigenvalue weighted by Gasteiger charge is 2.32. The lowest BCUT2D eigenvalue weighted by atomic mass is 10.1. The number of amides is 1. The molecule has 0 saturated carbocycles. The van der Waals surface area contributed by atoms with Crippen molar-refractivity contribution >= 4 is 22.5 Å². The van der Waals surface area contributed by atoms with Crippen molar-refractivity contribution in [2.45, 2.75) is 31.3 Å². The van der Waals surface area contributed by atoms with E-state index in [2.05, 4.69) is 20.9 Å². The SMILES string of the molecule is CN(c1cnc2ccc(F)cc2c1)[C@H]1CCN(CC(=O)N2CCCC2C#N)C1. The number of fused-ring (bicyclic) bond motifs is 1. The molecule has 0 spiro atoms. The number of nitrogens with zero attached hydrogens (tertiary/aromatic N) is 5. The van der Waals surface area contributed by atoms with Crippen molar-refractivity contribution < 1.29 is 9.18 Å². The number of rotatable bonds is 4. The fourth-order valence-electron chi connectivity index (χ4n) is 4.25. The van der Waals surface area contributed by atoms with E-state index in [1.165, 1.54) is 12.1 Å². The standard InChI is InChI=1S/C21H24FN5O/c1-25(19-10-15-9-16(22)4-5-20(15)24-12-19)18-6-8-26(13-18)14-21(28)27-7-2-3-17(27)11-23/h4-5,9-10,12,17-18H,2-3,6-8,13-14H2,1H3/t17?,18-/m0/s1. The van der Waals surface area contributed by atoms with Gasteiger partial charge in [0.2, 0.25) is 5.91 Å². The van der Waals surface area contributed by atoms with E-state index in [0.29, 0.717) is 13.1 Å². The highest BCUT2D eigenvalue weighted by atomic mass is 19.1. The molecule has 0 aliphatic carbocycles. The lowest BCUT2D eigenvalue weighted by Gasteiger charge is -2.27. The number of hydrogen-bond acceptors (Lipinski definition) is 5. The maximum Gasteiger partial charge on any atom is 0.237 e. The van der Waals surface area contributed by atoms with Crippen LogP contribution in [0.25, 0.3) is 10.9 Å². The molecule has 2 aliphatic heterocycles. The maximum absolute atomic E-state index is 13.5. The fourth-order valence-corrected chi connectivity index (χ4v) is 4.25. The topological polar surface area (TPSA) is 63.5 Å². The van der Waals surface area contributed by atoms with Gasteiger partial charge in [-0.05, 0) is 43.5 Å². The minimum Gasteiger partial charge on any atom is -0.369 e. The summed E-state index contributed by atoms with van der Waals surface area (Å²) < 4.78 is 13.5. The van der Waals surface area contributed by atoms with Gasteiger partial charge in [-0.15, -0.1) is 0 Å². The Labute approximate surface area is 164 Å². The predicted molar refractivity (Wildman–Crippen MR) is 105 cm³/mol. The molecule has 146 valence electrons. The summed E-state index contributed by atoms with van der Waals surface area (Å²) in [5.74, 6) is -0.215. The maximum atomic E-state index is 13.5. The first-order valence-electron chi connectivity index (χ1n) is 9.75. The smallest absolute Gasteiger partial charge is 0.237 e. The van der Waals surface area contributed by atoms with Gasteiger partial charge >= 0.3 is 0 Å². The number of halogens is 1. The number of likely N-dealkylation sites (tertiary alicyclic amines) is 2. The molecule has 1 unspecified atom stereocenters. The van der Waals surface area contributed by atoms with Gasteiger partial charge in [-0.3, -0.25) is 14.7 Å². The molecular weight excluding hydrogens is 357 g/mol. The van der Waals surface area contributed by atoms with Crippen LogP contribution in [0.3, 0.4) is 0 Å². The number of anilines is 1. The number of aromatic nitrogens is 1. The monoisotopic (exact) mass is 381 g/mol. The lowest BCUT2D eigenvalue weighted by Crippen LogP contribution is -2.42. The first kappa shape index (κ1) is 18.6. The van der Waals surface area contributed by atoms with E-state index < -0.39 is 0 Å². The Morgan fingerprint density at radius 2 is 2.21 bits per heavy atom. The molecule has 4 rings (SSSR count). The molecule has 1 amide bonds. The number of nitriles is 1. The van der Waals surface area contributed by atoms with E-state index >= 15 is 0 Å². The Morgan fingerprint density at radius 1 is 1.36 bits per heavy atom. The number of hydrogen-bond donors (Lipinski definition) is 0. The van der Waals surface area contributed by atoms with Crippen molar-refractivity contribution in [1.29, 1.82) is 5.26 Å². The van der Waals surface area contributed by atoms with Crippen molar-refractivity contribution in [1.82, 2.24) is 14.8 Å². The number of carbonyl (C=O) groups excluding carboxylic acids is 1. The lowest BCUT2D eigenvalue weighted by molar-refractivity contribution is -0.132. The van der Waals surface area contributed by atoms with Crippen LogP contribution in [0.5, 0.6) is 0 Å². The van der Waals surface area contributed by atoms with Crippen molar-refractivity contribution in [2.75, 3.05) is 38.1 Å². The molecule has 1 aromatic carbocycles. The number of benzene rings is 1. The fraction of sp³-hybridized carbons (Fsp3) is 0.476. The van der Waals surface area contributed by atoms with E-state index in [0.717, 1.165) is 48.9 Å². The summed E-state index contributed by atoms with van der Waals surface area (Å²) in [6.07, 6.45) is 4.45. The summed E-state index contributed by atoms with van der Waals surface area (Å²) in [6, 6.07) is 8.80. The number of carbonyl (C=O) groups is 1. The molecule has 2 atom stereocenters. The van der Waals surface area contributed by atoms with Gasteiger partial charge in [0.05, 0.1) is 30.0 Å². The molecule has 3 heterocycles. The second-order valence-corrected chi connectivity index (χ2v) is 7.69. The Kier molecular flexibility index (Phi) is 5.14. The largest absolute Gasteiger partial charge is 0.369 e. The van der Waals surface area contributed by atoms with Crippen molar-refractivity contribution in [2.24, 2.45) is 0 Å².